The molecule has 4 nitrogen and oxygen atoms in total. The van der Waals surface area contributed by atoms with E-state index in [0.29, 0.717) is 13.1 Å². The summed E-state index contributed by atoms with van der Waals surface area (Å²) in [5.41, 5.74) is 1.25. The molecule has 0 radical (unpaired) electrons. The minimum absolute atomic E-state index is 0.154. The normalized spacial score (nSPS) is 31.4. The second-order valence-corrected chi connectivity index (χ2v) is 8.45. The van der Waals surface area contributed by atoms with Crippen LogP contribution in [-0.2, 0) is 11.3 Å². The van der Waals surface area contributed by atoms with Crippen molar-refractivity contribution in [2.75, 3.05) is 18.8 Å². The fourth-order valence-corrected chi connectivity index (χ4v) is 4.77. The summed E-state index contributed by atoms with van der Waals surface area (Å²) in [4.78, 5) is 14.7. The molecule has 2 heterocycles. The van der Waals surface area contributed by atoms with Gasteiger partial charge in [0.25, 0.3) is 0 Å². The SMILES string of the molecule is CC1(C(=O)NCC2CC(O)CN2Cc2ccccc2)CCCS1. The van der Waals surface area contributed by atoms with Crippen molar-refractivity contribution in [3.63, 3.8) is 0 Å². The Hall–Kier alpha value is -1.04. The maximum Gasteiger partial charge on any atom is 0.236 e. The number of carbonyl (C=O) groups is 1. The number of nitrogens with zero attached hydrogens (tertiary/aromatic N) is 1. The van der Waals surface area contributed by atoms with E-state index in [0.717, 1.165) is 31.6 Å². The Kier molecular flexibility index (Phi) is 5.29. The number of nitrogens with one attached hydrogen (secondary N) is 1. The zero-order valence-electron chi connectivity index (χ0n) is 13.7. The van der Waals surface area contributed by atoms with Crippen LogP contribution in [0.1, 0.15) is 31.7 Å². The molecule has 2 fully saturated rings. The Morgan fingerprint density at radius 1 is 1.43 bits per heavy atom. The van der Waals surface area contributed by atoms with Crippen molar-refractivity contribution in [2.45, 2.75) is 49.6 Å². The van der Waals surface area contributed by atoms with Gasteiger partial charge in [-0.3, -0.25) is 9.69 Å². The topological polar surface area (TPSA) is 52.6 Å². The second kappa shape index (κ2) is 7.24. The van der Waals surface area contributed by atoms with Crippen LogP contribution in [0.3, 0.4) is 0 Å². The number of amides is 1. The molecule has 0 bridgehead atoms. The third kappa shape index (κ3) is 4.08. The second-order valence-electron chi connectivity index (χ2n) is 6.85. The van der Waals surface area contributed by atoms with Crippen molar-refractivity contribution in [3.8, 4) is 0 Å². The van der Waals surface area contributed by atoms with Crippen molar-refractivity contribution >= 4 is 17.7 Å². The summed E-state index contributed by atoms with van der Waals surface area (Å²) in [5, 5.41) is 13.1. The number of likely N-dealkylation sites (tertiary alicyclic amines) is 1. The molecule has 5 heteroatoms. The third-order valence-corrected chi connectivity index (χ3v) is 6.45. The molecule has 2 aliphatic heterocycles. The average molecular weight is 334 g/mol. The maximum atomic E-state index is 12.5. The molecule has 0 spiro atoms. The van der Waals surface area contributed by atoms with E-state index in [9.17, 15) is 9.90 Å². The van der Waals surface area contributed by atoms with Gasteiger partial charge in [0.05, 0.1) is 10.9 Å². The van der Waals surface area contributed by atoms with E-state index in [1.807, 2.05) is 25.1 Å². The lowest BCUT2D eigenvalue weighted by molar-refractivity contribution is -0.123. The highest BCUT2D eigenvalue weighted by Gasteiger charge is 2.38. The quantitative estimate of drug-likeness (QED) is 0.865. The fraction of sp³-hybridized carbons (Fsp3) is 0.611. The van der Waals surface area contributed by atoms with E-state index in [4.69, 9.17) is 0 Å². The van der Waals surface area contributed by atoms with Crippen LogP contribution in [-0.4, -0.2) is 51.6 Å². The molecule has 1 aromatic carbocycles. The molecule has 23 heavy (non-hydrogen) atoms. The first-order chi connectivity index (χ1) is 11.1. The van der Waals surface area contributed by atoms with Crippen LogP contribution >= 0.6 is 11.8 Å². The Morgan fingerprint density at radius 3 is 2.91 bits per heavy atom. The van der Waals surface area contributed by atoms with Crippen molar-refractivity contribution in [2.24, 2.45) is 0 Å². The first-order valence-electron chi connectivity index (χ1n) is 8.45. The van der Waals surface area contributed by atoms with Crippen molar-refractivity contribution in [3.05, 3.63) is 35.9 Å². The number of thioether (sulfide) groups is 1. The standard InChI is InChI=1S/C18H26N2O2S/c1-18(8-5-9-23-18)17(22)19-11-15-10-16(21)13-20(15)12-14-6-3-2-4-7-14/h2-4,6-7,15-16,21H,5,8-13H2,1H3,(H,19,22). The summed E-state index contributed by atoms with van der Waals surface area (Å²) in [6, 6.07) is 10.5. The Balaban J connectivity index is 1.56. The molecule has 3 atom stereocenters. The van der Waals surface area contributed by atoms with Gasteiger partial charge in [0, 0.05) is 25.7 Å². The molecule has 2 saturated heterocycles. The van der Waals surface area contributed by atoms with Crippen LogP contribution in [0.4, 0.5) is 0 Å². The fourth-order valence-electron chi connectivity index (χ4n) is 3.54. The van der Waals surface area contributed by atoms with E-state index < -0.39 is 0 Å². The molecule has 2 N–H and O–H groups in total. The lowest BCUT2D eigenvalue weighted by atomic mass is 10.0. The summed E-state index contributed by atoms with van der Waals surface area (Å²) < 4.78 is -0.262. The van der Waals surface area contributed by atoms with Crippen LogP contribution in [0, 0.1) is 0 Å². The smallest absolute Gasteiger partial charge is 0.236 e. The number of hydrogen-bond donors (Lipinski definition) is 2. The molecule has 1 amide bonds. The van der Waals surface area contributed by atoms with Gasteiger partial charge in [0.2, 0.25) is 5.91 Å². The molecule has 0 aliphatic carbocycles. The minimum atomic E-state index is -0.294. The predicted octanol–water partition coefficient (Wildman–Crippen LogP) is 2.02. The van der Waals surface area contributed by atoms with Gasteiger partial charge < -0.3 is 10.4 Å². The van der Waals surface area contributed by atoms with Crippen molar-refractivity contribution < 1.29 is 9.90 Å². The highest BCUT2D eigenvalue weighted by Crippen LogP contribution is 2.37. The van der Waals surface area contributed by atoms with Crippen LogP contribution in [0.15, 0.2) is 30.3 Å². The molecular formula is C18H26N2O2S. The Bertz CT molecular complexity index is 531. The summed E-state index contributed by atoms with van der Waals surface area (Å²) in [6.45, 7) is 4.18. The zero-order chi connectivity index (χ0) is 16.3. The van der Waals surface area contributed by atoms with Gasteiger partial charge in [-0.1, -0.05) is 30.3 Å². The maximum absolute atomic E-state index is 12.5. The number of hydrogen-bond acceptors (Lipinski definition) is 4. The lowest BCUT2D eigenvalue weighted by Crippen LogP contribution is -2.46. The summed E-state index contributed by atoms with van der Waals surface area (Å²) in [7, 11) is 0. The Labute approximate surface area is 142 Å². The van der Waals surface area contributed by atoms with Crippen molar-refractivity contribution in [1.29, 1.82) is 0 Å². The molecule has 126 valence electrons. The number of benzene rings is 1. The van der Waals surface area contributed by atoms with Gasteiger partial charge in [-0.05, 0) is 37.5 Å². The van der Waals surface area contributed by atoms with E-state index in [1.165, 1.54) is 5.56 Å². The molecular weight excluding hydrogens is 308 g/mol. The number of β-amino-alcohol motifs (C(OH)–C–C–N with tert-alkyl or cyclic N) is 1. The largest absolute Gasteiger partial charge is 0.392 e. The van der Waals surface area contributed by atoms with E-state index >= 15 is 0 Å². The summed E-state index contributed by atoms with van der Waals surface area (Å²) >= 11 is 1.76. The molecule has 0 saturated carbocycles. The molecule has 0 aromatic heterocycles. The lowest BCUT2D eigenvalue weighted by Gasteiger charge is -2.27. The zero-order valence-corrected chi connectivity index (χ0v) is 14.5. The molecule has 2 aliphatic rings. The van der Waals surface area contributed by atoms with Gasteiger partial charge in [-0.15, -0.1) is 11.8 Å². The summed E-state index contributed by atoms with van der Waals surface area (Å²) in [5.74, 6) is 1.23. The molecule has 1 aromatic rings. The van der Waals surface area contributed by atoms with Gasteiger partial charge in [0.15, 0.2) is 0 Å². The minimum Gasteiger partial charge on any atom is -0.392 e. The number of carbonyl (C=O) groups excluding carboxylic acids is 1. The first kappa shape index (κ1) is 16.8. The highest BCUT2D eigenvalue weighted by atomic mass is 32.2. The highest BCUT2D eigenvalue weighted by molar-refractivity contribution is 8.01. The number of rotatable bonds is 5. The monoisotopic (exact) mass is 334 g/mol. The van der Waals surface area contributed by atoms with Crippen molar-refractivity contribution in [1.82, 2.24) is 10.2 Å². The molecule has 3 rings (SSSR count). The van der Waals surface area contributed by atoms with Crippen LogP contribution in [0.25, 0.3) is 0 Å². The first-order valence-corrected chi connectivity index (χ1v) is 9.44. The predicted molar refractivity (Wildman–Crippen MR) is 94.4 cm³/mol. The average Bonchev–Trinajstić information content (AvgIpc) is 3.13. The van der Waals surface area contributed by atoms with Gasteiger partial charge in [0.1, 0.15) is 0 Å². The van der Waals surface area contributed by atoms with Crippen LogP contribution < -0.4 is 5.32 Å². The van der Waals surface area contributed by atoms with Gasteiger partial charge in [-0.2, -0.15) is 0 Å². The number of aliphatic hydroxyl groups is 1. The van der Waals surface area contributed by atoms with E-state index in [2.05, 4.69) is 22.3 Å². The van der Waals surface area contributed by atoms with Crippen LogP contribution in [0.2, 0.25) is 0 Å². The Morgan fingerprint density at radius 2 is 2.22 bits per heavy atom. The summed E-state index contributed by atoms with van der Waals surface area (Å²) in [6.07, 6.45) is 2.52. The number of aliphatic hydroxyl groups excluding tert-OH is 1. The molecule has 3 unspecified atom stereocenters. The van der Waals surface area contributed by atoms with E-state index in [1.54, 1.807) is 11.8 Å². The van der Waals surface area contributed by atoms with E-state index in [-0.39, 0.29) is 22.8 Å². The van der Waals surface area contributed by atoms with Gasteiger partial charge in [-0.25, -0.2) is 0 Å². The van der Waals surface area contributed by atoms with Crippen LogP contribution in [0.5, 0.6) is 0 Å². The third-order valence-electron chi connectivity index (χ3n) is 4.93. The van der Waals surface area contributed by atoms with Gasteiger partial charge >= 0.3 is 0 Å².